The second-order valence-electron chi connectivity index (χ2n) is 40.7. The number of anilines is 4. The molecule has 3 N–H and O–H groups in total. The van der Waals surface area contributed by atoms with Gasteiger partial charge in [-0.05, 0) is 258 Å². The van der Waals surface area contributed by atoms with E-state index in [0.29, 0.717) is 141 Å². The first-order valence-corrected chi connectivity index (χ1v) is 52.9. The second kappa shape index (κ2) is 45.4. The van der Waals surface area contributed by atoms with Crippen molar-refractivity contribution in [2.24, 2.45) is 47.3 Å². The Balaban J connectivity index is 0.000000133. The van der Waals surface area contributed by atoms with Crippen LogP contribution in [0.15, 0.2) is 97.6 Å². The van der Waals surface area contributed by atoms with Crippen molar-refractivity contribution < 1.29 is 54.5 Å². The van der Waals surface area contributed by atoms with Gasteiger partial charge in [-0.2, -0.15) is 59.9 Å². The molecule has 0 bridgehead atoms. The lowest BCUT2D eigenvalue weighted by atomic mass is 9.80. The van der Waals surface area contributed by atoms with E-state index in [4.69, 9.17) is 108 Å². The van der Waals surface area contributed by atoms with E-state index in [1.54, 1.807) is 102 Å². The Bertz CT molecular complexity index is 6430. The van der Waals surface area contributed by atoms with Gasteiger partial charge in [0.25, 0.3) is 0 Å². The van der Waals surface area contributed by atoms with Gasteiger partial charge in [-0.1, -0.05) is 117 Å². The molecule has 8 aliphatic heterocycles. The third kappa shape index (κ3) is 24.5. The maximum atomic E-state index is 13.8. The van der Waals surface area contributed by atoms with Crippen LogP contribution in [0.25, 0.3) is 44.7 Å². The summed E-state index contributed by atoms with van der Waals surface area (Å²) in [6.07, 6.45) is 0.786. The molecule has 8 aliphatic rings. The van der Waals surface area contributed by atoms with Crippen LogP contribution in [0, 0.1) is 54.3 Å². The van der Waals surface area contributed by atoms with Crippen molar-refractivity contribution in [2.45, 2.75) is 182 Å². The number of piperidine rings is 4. The fraction of sp³-hybridized carbons (Fsp3) is 0.554. The predicted molar refractivity (Wildman–Crippen MR) is 554 cm³/mol. The molecule has 146 heavy (non-hydrogen) atoms. The topological polar surface area (TPSA) is 270 Å². The summed E-state index contributed by atoms with van der Waals surface area (Å²) in [7, 11) is 0. The van der Waals surface area contributed by atoms with Crippen molar-refractivity contribution in [3.05, 3.63) is 183 Å². The normalized spacial score (nSPS) is 20.8. The third-order valence-electron chi connectivity index (χ3n) is 29.9. The van der Waals surface area contributed by atoms with Crippen LogP contribution >= 0.6 is 92.8 Å². The number of halogens is 17. The second-order valence-corrected chi connectivity index (χ2v) is 44.1. The highest BCUT2D eigenvalue weighted by atomic mass is 35.5. The number of hydrogen-bond donors (Lipinski definition) is 3. The number of benzene rings is 4. The highest BCUT2D eigenvalue weighted by Gasteiger charge is 2.47. The van der Waals surface area contributed by atoms with E-state index in [1.807, 2.05) is 29.9 Å². The zero-order chi connectivity index (χ0) is 104. The summed E-state index contributed by atoms with van der Waals surface area (Å²) in [5, 5.41) is 42.4. The molecule has 0 spiro atoms. The molecule has 8 fully saturated rings. The van der Waals surface area contributed by atoms with E-state index in [9.17, 15) is 54.5 Å². The maximum Gasteiger partial charge on any atom is 0.437 e. The summed E-state index contributed by atoms with van der Waals surface area (Å²) in [6, 6.07) is 18.8. The molecule has 0 saturated carbocycles. The summed E-state index contributed by atoms with van der Waals surface area (Å²) in [6.45, 7) is 37.0. The van der Waals surface area contributed by atoms with E-state index in [-0.39, 0.29) is 57.6 Å². The van der Waals surface area contributed by atoms with E-state index in [0.717, 1.165) is 172 Å². The number of hydrogen-bond acceptors (Lipinski definition) is 23. The quantitative estimate of drug-likeness (QED) is 0.0474. The van der Waals surface area contributed by atoms with Crippen LogP contribution in [0.2, 0.25) is 40.2 Å². The van der Waals surface area contributed by atoms with Gasteiger partial charge in [-0.25, -0.2) is 58.6 Å². The standard InChI is InChI=1S/C26H33Cl2N7O.2C25H29Cl2F3N6O.C25H29Cl2F3N6/c1-16-25-26(35(32-16)17(2)22-7-6-21(27)11-23(22)28)31-24(12-30-25)34-14-20(15-34)19-5-4-9-33(13-19)10-8-29-18(3)36;2*1-14(37)10-34-7-3-4-16(11-34)17-12-35(13-17)21-9-31-22-23(25(28,29)30)33-36(24(22)32-21)15(2)19-6-5-18(26)8-20(19)27;1-14(2)34-8-4-5-16(11-34)17-12-35(13-17)21-10-31-22-23(25(28,29)30)33-36(24(22)32-21)15(3)19-7-6-18(26)9-20(19)27/h6-7,11-12,17,19-20H,4-5,8-10,13-15H2,1-3H3,(H,29,36);2*5-6,8-9,14-17,37H,3-4,7,10-13H2,1-2H3;6-7,9-10,14-17H,4-5,8,11-13H2,1-3H3/t17-,19-;14-,15+,16-;14-,15-,16+;15-,16+/m1011/s1. The minimum absolute atomic E-state index is 0.0402. The Kier molecular flexibility index (Phi) is 33.7. The number of amides is 1. The van der Waals surface area contributed by atoms with Gasteiger partial charge < -0.3 is 54.7 Å². The molecule has 0 aliphatic carbocycles. The SMILES string of the molecule is CC(=O)NCCN1CCC[C@@H](C2CN(c3cnc4c(C)nn([C@H](C)c5ccc(Cl)cc5Cl)c4n3)C2)C1.CC(C)N1CCC[C@H](C2CN(c3cnc4c(C(F)(F)F)nn([C@H](C)c5ccc(Cl)cc5Cl)c4n3)C2)C1.C[C@H](O)CN1CCC[C@H](C2CN(c3cnc4c(C(F)(F)F)nn([C@H](C)c5ccc(Cl)cc5Cl)c4n3)C2)C1.C[C@H](c1ccc(Cl)cc1Cl)n1nc(C(F)(F)F)c2ncc(N3CC([C@H]4CCCN(C[C@@H](C)O)C4)C3)nc21. The molecule has 12 aromatic rings. The summed E-state index contributed by atoms with van der Waals surface area (Å²) >= 11 is 49.7. The highest BCUT2D eigenvalue weighted by Crippen LogP contribution is 2.46. The maximum absolute atomic E-state index is 13.8. The number of aliphatic hydroxyl groups is 2. The Morgan fingerprint density at radius 3 is 0.938 bits per heavy atom. The van der Waals surface area contributed by atoms with Gasteiger partial charge in [0.05, 0.1) is 66.9 Å². The number of nitrogens with one attached hydrogen (secondary N) is 1. The zero-order valence-electron chi connectivity index (χ0n) is 82.7. The molecular formula is C101H120Cl8F9N25O3. The van der Waals surface area contributed by atoms with Crippen LogP contribution in [0.1, 0.15) is 183 Å². The minimum Gasteiger partial charge on any atom is -0.392 e. The molecule has 28 nitrogen and oxygen atoms in total. The number of nitrogens with zero attached hydrogens (tertiary/aromatic N) is 24. The first kappa shape index (κ1) is 108. The first-order chi connectivity index (χ1) is 69.3. The van der Waals surface area contributed by atoms with Gasteiger partial charge >= 0.3 is 18.5 Å². The third-order valence-corrected chi connectivity index (χ3v) is 32.2. The average molecular weight is 2190 g/mol. The summed E-state index contributed by atoms with van der Waals surface area (Å²) in [5.41, 5.74) is 1.34. The van der Waals surface area contributed by atoms with Gasteiger partial charge in [0.2, 0.25) is 5.91 Å². The van der Waals surface area contributed by atoms with Crippen molar-refractivity contribution in [2.75, 3.05) is 150 Å². The van der Waals surface area contributed by atoms with Crippen LogP contribution in [-0.4, -0.2) is 264 Å². The highest BCUT2D eigenvalue weighted by molar-refractivity contribution is 6.37. The summed E-state index contributed by atoms with van der Waals surface area (Å²) < 4.78 is 130. The Labute approximate surface area is 881 Å². The van der Waals surface area contributed by atoms with Gasteiger partial charge in [0.15, 0.2) is 39.7 Å². The number of β-amino-alcohol motifs (C(OH)–C–C–N with tert-alkyl or cyclic N) is 2. The number of likely N-dealkylation sites (tertiary alicyclic amines) is 4. The molecule has 0 unspecified atom stereocenters. The smallest absolute Gasteiger partial charge is 0.392 e. The van der Waals surface area contributed by atoms with Gasteiger partial charge in [-0.15, -0.1) is 0 Å². The van der Waals surface area contributed by atoms with Gasteiger partial charge in [0, 0.05) is 158 Å². The summed E-state index contributed by atoms with van der Waals surface area (Å²) in [4.78, 5) is 65.4. The lowest BCUT2D eigenvalue weighted by molar-refractivity contribution is -0.141. The van der Waals surface area contributed by atoms with E-state index >= 15 is 0 Å². The number of carbonyl (C=O) groups is 1. The van der Waals surface area contributed by atoms with Crippen LogP contribution in [0.3, 0.4) is 0 Å². The molecule has 786 valence electrons. The number of fused-ring (bicyclic) bond motifs is 4. The van der Waals surface area contributed by atoms with Crippen molar-refractivity contribution >= 4 is 167 Å². The van der Waals surface area contributed by atoms with Crippen LogP contribution in [0.4, 0.5) is 62.8 Å². The van der Waals surface area contributed by atoms with E-state index in [1.165, 1.54) is 58.3 Å². The molecular weight excluding hydrogens is 2070 g/mol. The number of aromatic nitrogens is 16. The fourth-order valence-electron chi connectivity index (χ4n) is 21.9. The largest absolute Gasteiger partial charge is 0.437 e. The molecule has 16 heterocycles. The molecule has 8 aromatic heterocycles. The predicted octanol–water partition coefficient (Wildman–Crippen LogP) is 21.2. The lowest BCUT2D eigenvalue weighted by Gasteiger charge is -2.47. The number of aryl methyl sites for hydroxylation is 1. The van der Waals surface area contributed by atoms with Gasteiger partial charge in [0.1, 0.15) is 45.3 Å². The Morgan fingerprint density at radius 1 is 0.377 bits per heavy atom. The lowest BCUT2D eigenvalue weighted by Crippen LogP contribution is -2.54. The first-order valence-electron chi connectivity index (χ1n) is 49.8. The van der Waals surface area contributed by atoms with Crippen molar-refractivity contribution in [3.63, 3.8) is 0 Å². The van der Waals surface area contributed by atoms with Crippen LogP contribution in [-0.2, 0) is 23.3 Å². The van der Waals surface area contributed by atoms with Gasteiger partial charge in [-0.3, -0.25) is 4.79 Å². The molecule has 0 radical (unpaired) electrons. The number of alkyl halides is 9. The van der Waals surface area contributed by atoms with Crippen LogP contribution in [0.5, 0.6) is 0 Å². The Hall–Kier alpha value is -8.80. The summed E-state index contributed by atoms with van der Waals surface area (Å²) in [5.74, 6) is 7.07. The van der Waals surface area contributed by atoms with Crippen molar-refractivity contribution in [3.8, 4) is 0 Å². The molecule has 10 atom stereocenters. The zero-order valence-corrected chi connectivity index (χ0v) is 88.7. The van der Waals surface area contributed by atoms with E-state index < -0.39 is 53.7 Å². The number of carbonyl (C=O) groups excluding carboxylic acids is 1. The number of rotatable bonds is 24. The van der Waals surface area contributed by atoms with Crippen LogP contribution < -0.4 is 24.9 Å². The molecule has 1 amide bonds. The molecule has 4 aromatic carbocycles. The minimum atomic E-state index is -4.68. The van der Waals surface area contributed by atoms with E-state index in [2.05, 4.69) is 110 Å². The molecule has 8 saturated heterocycles. The monoisotopic (exact) mass is 2180 g/mol. The Morgan fingerprint density at radius 2 is 0.651 bits per heavy atom. The number of aliphatic hydroxyl groups excluding tert-OH is 2. The fourth-order valence-corrected chi connectivity index (χ4v) is 24.1. The molecule has 45 heteroatoms. The molecule has 20 rings (SSSR count). The van der Waals surface area contributed by atoms with Crippen molar-refractivity contribution in [1.29, 1.82) is 0 Å². The average Bonchev–Trinajstić information content (AvgIpc) is 1.59. The van der Waals surface area contributed by atoms with Crippen molar-refractivity contribution in [1.82, 2.24) is 104 Å².